The van der Waals surface area contributed by atoms with Crippen molar-refractivity contribution in [2.45, 2.75) is 56.9 Å². The number of methoxy groups -OCH3 is 1. The molecule has 40 heavy (non-hydrogen) atoms. The Kier molecular flexibility index (Phi) is 10.2. The van der Waals surface area contributed by atoms with Crippen LogP contribution in [0.4, 0.5) is 5.69 Å². The van der Waals surface area contributed by atoms with E-state index in [0.717, 1.165) is 27.3 Å². The van der Waals surface area contributed by atoms with E-state index >= 15 is 0 Å². The summed E-state index contributed by atoms with van der Waals surface area (Å²) in [4.78, 5) is 24.5. The third-order valence-electron chi connectivity index (χ3n) is 6.76. The summed E-state index contributed by atoms with van der Waals surface area (Å²) in [5.41, 5.74) is 3.22. The lowest BCUT2D eigenvalue weighted by Gasteiger charge is -2.41. The van der Waals surface area contributed by atoms with Gasteiger partial charge in [0.15, 0.2) is 12.4 Å². The van der Waals surface area contributed by atoms with Crippen LogP contribution >= 0.6 is 11.8 Å². The van der Waals surface area contributed by atoms with Gasteiger partial charge in [0, 0.05) is 34.7 Å². The lowest BCUT2D eigenvalue weighted by molar-refractivity contribution is -0.268. The number of esters is 1. The zero-order valence-electron chi connectivity index (χ0n) is 23.0. The van der Waals surface area contributed by atoms with Crippen LogP contribution in [0.1, 0.15) is 49.9 Å². The molecule has 8 nitrogen and oxygen atoms in total. The van der Waals surface area contributed by atoms with Gasteiger partial charge >= 0.3 is 5.97 Å². The van der Waals surface area contributed by atoms with Gasteiger partial charge in [-0.25, -0.2) is 0 Å². The molecule has 1 amide bonds. The number of benzene rings is 3. The number of rotatable bonds is 10. The molecular formula is C31H35NO7S. The summed E-state index contributed by atoms with van der Waals surface area (Å²) in [6, 6.07) is 22.9. The maximum atomic E-state index is 12.3. The van der Waals surface area contributed by atoms with Crippen molar-refractivity contribution in [1.82, 2.24) is 0 Å². The fraction of sp³-hybridized carbons (Fsp3) is 0.355. The number of hydrogen-bond acceptors (Lipinski definition) is 8. The van der Waals surface area contributed by atoms with Crippen molar-refractivity contribution in [3.8, 4) is 5.75 Å². The topological polar surface area (TPSA) is 103 Å². The van der Waals surface area contributed by atoms with Gasteiger partial charge in [0.2, 0.25) is 0 Å². The molecule has 3 aromatic carbocycles. The van der Waals surface area contributed by atoms with Gasteiger partial charge in [-0.1, -0.05) is 55.5 Å². The molecule has 0 saturated carbocycles. The molecule has 0 bridgehead atoms. The second-order valence-electron chi connectivity index (χ2n) is 9.65. The number of anilines is 1. The minimum Gasteiger partial charge on any atom is -0.496 e. The SMILES string of the molecule is COc1ccccc1SC[C@H]1O[C@@H](c2ccc(NC(=O)[C@H](C)OC(C)=O)cc2)O[C@@H](c2ccc(CO)cc2)[C@H]1C. The smallest absolute Gasteiger partial charge is 0.303 e. The van der Waals surface area contributed by atoms with E-state index in [1.54, 1.807) is 31.0 Å². The minimum absolute atomic E-state index is 0.0200. The highest BCUT2D eigenvalue weighted by Crippen LogP contribution is 2.43. The van der Waals surface area contributed by atoms with Gasteiger partial charge in [-0.3, -0.25) is 9.59 Å². The Bertz CT molecular complexity index is 1280. The number of aliphatic hydroxyl groups is 1. The summed E-state index contributed by atoms with van der Waals surface area (Å²) in [5, 5.41) is 12.2. The number of nitrogens with one attached hydrogen (secondary N) is 1. The van der Waals surface area contributed by atoms with Crippen LogP contribution in [-0.2, 0) is 30.4 Å². The second kappa shape index (κ2) is 13.8. The largest absolute Gasteiger partial charge is 0.496 e. The Labute approximate surface area is 239 Å². The number of carbonyl (C=O) groups is 2. The number of carbonyl (C=O) groups excluding carboxylic acids is 2. The summed E-state index contributed by atoms with van der Waals surface area (Å²) in [6.07, 6.45) is -1.91. The van der Waals surface area contributed by atoms with Gasteiger partial charge < -0.3 is 29.4 Å². The van der Waals surface area contributed by atoms with E-state index in [9.17, 15) is 14.7 Å². The summed E-state index contributed by atoms with van der Waals surface area (Å²) in [7, 11) is 1.66. The number of amides is 1. The van der Waals surface area contributed by atoms with Crippen molar-refractivity contribution in [3.63, 3.8) is 0 Å². The van der Waals surface area contributed by atoms with Crippen LogP contribution in [0.5, 0.6) is 5.75 Å². The molecule has 5 atom stereocenters. The predicted octanol–water partition coefficient (Wildman–Crippen LogP) is 5.66. The van der Waals surface area contributed by atoms with Gasteiger partial charge in [0.05, 0.1) is 25.9 Å². The highest BCUT2D eigenvalue weighted by molar-refractivity contribution is 7.99. The van der Waals surface area contributed by atoms with E-state index in [0.29, 0.717) is 11.4 Å². The number of thioether (sulfide) groups is 1. The summed E-state index contributed by atoms with van der Waals surface area (Å²) in [5.74, 6) is 0.620. The van der Waals surface area contributed by atoms with Crippen molar-refractivity contribution >= 4 is 29.3 Å². The quantitative estimate of drug-likeness (QED) is 0.240. The van der Waals surface area contributed by atoms with Crippen LogP contribution in [-0.4, -0.2) is 42.1 Å². The van der Waals surface area contributed by atoms with Gasteiger partial charge in [-0.2, -0.15) is 0 Å². The summed E-state index contributed by atoms with van der Waals surface area (Å²) in [6.45, 7) is 4.89. The summed E-state index contributed by atoms with van der Waals surface area (Å²) < 4.78 is 23.5. The highest BCUT2D eigenvalue weighted by Gasteiger charge is 2.38. The average Bonchev–Trinajstić information content (AvgIpc) is 2.97. The molecule has 1 aliphatic heterocycles. The highest BCUT2D eigenvalue weighted by atomic mass is 32.2. The first-order chi connectivity index (χ1) is 19.3. The molecular weight excluding hydrogens is 530 g/mol. The van der Waals surface area contributed by atoms with E-state index < -0.39 is 24.3 Å². The molecule has 0 aromatic heterocycles. The standard InChI is InChI=1S/C31H35NO7S/c1-19-27(18-40-28-8-6-5-7-26(28)36-4)38-31(39-29(19)23-11-9-22(17-33)10-12-23)24-13-15-25(16-14-24)32-30(35)20(2)37-21(3)34/h5-16,19-20,27,29,31,33H,17-18H2,1-4H3,(H,32,35)/t19-,20-,27+,29+,31+/m0/s1. The van der Waals surface area contributed by atoms with E-state index in [-0.39, 0.29) is 24.7 Å². The van der Waals surface area contributed by atoms with Crippen molar-refractivity contribution in [1.29, 1.82) is 0 Å². The second-order valence-corrected chi connectivity index (χ2v) is 10.7. The third-order valence-corrected chi connectivity index (χ3v) is 7.90. The third kappa shape index (κ3) is 7.42. The average molecular weight is 566 g/mol. The van der Waals surface area contributed by atoms with Crippen molar-refractivity contribution in [2.75, 3.05) is 18.2 Å². The van der Waals surface area contributed by atoms with Crippen molar-refractivity contribution < 1.29 is 33.6 Å². The molecule has 4 rings (SSSR count). The normalized spacial score (nSPS) is 21.3. The summed E-state index contributed by atoms with van der Waals surface area (Å²) >= 11 is 1.68. The van der Waals surface area contributed by atoms with E-state index in [2.05, 4.69) is 12.2 Å². The van der Waals surface area contributed by atoms with Crippen LogP contribution in [0, 0.1) is 5.92 Å². The van der Waals surface area contributed by atoms with Crippen molar-refractivity contribution in [2.24, 2.45) is 5.92 Å². The number of aliphatic hydroxyl groups excluding tert-OH is 1. The van der Waals surface area contributed by atoms with Crippen LogP contribution in [0.25, 0.3) is 0 Å². The zero-order valence-corrected chi connectivity index (χ0v) is 23.9. The van der Waals surface area contributed by atoms with Crippen LogP contribution < -0.4 is 10.1 Å². The fourth-order valence-electron chi connectivity index (χ4n) is 4.49. The Morgan fingerprint density at radius 3 is 2.33 bits per heavy atom. The molecule has 212 valence electrons. The fourth-order valence-corrected chi connectivity index (χ4v) is 5.68. The van der Waals surface area contributed by atoms with Crippen molar-refractivity contribution in [3.05, 3.63) is 89.5 Å². The van der Waals surface area contributed by atoms with Gasteiger partial charge in [-0.15, -0.1) is 11.8 Å². The molecule has 0 spiro atoms. The number of para-hydroxylation sites is 1. The van der Waals surface area contributed by atoms with Gasteiger partial charge in [-0.05, 0) is 42.3 Å². The Morgan fingerprint density at radius 1 is 1.00 bits per heavy atom. The molecule has 9 heteroatoms. The molecule has 0 aliphatic carbocycles. The van der Waals surface area contributed by atoms with E-state index in [1.807, 2.05) is 60.7 Å². The molecule has 1 aliphatic rings. The molecule has 3 aromatic rings. The van der Waals surface area contributed by atoms with Gasteiger partial charge in [0.25, 0.3) is 5.91 Å². The first-order valence-corrected chi connectivity index (χ1v) is 14.1. The first kappa shape index (κ1) is 29.6. The lowest BCUT2D eigenvalue weighted by atomic mass is 9.91. The maximum Gasteiger partial charge on any atom is 0.303 e. The molecule has 1 heterocycles. The molecule has 0 unspecified atom stereocenters. The Balaban J connectivity index is 1.53. The van der Waals surface area contributed by atoms with Crippen LogP contribution in [0.3, 0.4) is 0 Å². The Hall–Kier alpha value is -3.37. The van der Waals surface area contributed by atoms with Crippen LogP contribution in [0.2, 0.25) is 0 Å². The monoisotopic (exact) mass is 565 g/mol. The number of hydrogen-bond donors (Lipinski definition) is 2. The lowest BCUT2D eigenvalue weighted by Crippen LogP contribution is -2.38. The number of ether oxygens (including phenoxy) is 4. The minimum atomic E-state index is -0.900. The van der Waals surface area contributed by atoms with E-state index in [1.165, 1.54) is 13.8 Å². The Morgan fingerprint density at radius 2 is 1.68 bits per heavy atom. The molecule has 1 fully saturated rings. The molecule has 0 radical (unpaired) electrons. The molecule has 2 N–H and O–H groups in total. The first-order valence-electron chi connectivity index (χ1n) is 13.1. The van der Waals surface area contributed by atoms with Crippen LogP contribution in [0.15, 0.2) is 77.7 Å². The predicted molar refractivity (Wildman–Crippen MR) is 153 cm³/mol. The zero-order chi connectivity index (χ0) is 28.6. The van der Waals surface area contributed by atoms with E-state index in [4.69, 9.17) is 18.9 Å². The molecule has 1 saturated heterocycles. The maximum absolute atomic E-state index is 12.3. The van der Waals surface area contributed by atoms with Gasteiger partial charge in [0.1, 0.15) is 5.75 Å².